The Morgan fingerprint density at radius 2 is 2.00 bits per heavy atom. The lowest BCUT2D eigenvalue weighted by molar-refractivity contribution is 0.0679. The number of hydrogen-bond acceptors (Lipinski definition) is 4. The highest BCUT2D eigenvalue weighted by Crippen LogP contribution is 2.33. The second-order valence-electron chi connectivity index (χ2n) is 6.34. The van der Waals surface area contributed by atoms with Crippen LogP contribution in [0.4, 0.5) is 0 Å². The molecular formula is C19H24N2O3S2. The van der Waals surface area contributed by atoms with E-state index in [-0.39, 0.29) is 16.8 Å². The zero-order valence-electron chi connectivity index (χ0n) is 15.3. The van der Waals surface area contributed by atoms with Gasteiger partial charge < -0.3 is 4.90 Å². The summed E-state index contributed by atoms with van der Waals surface area (Å²) < 4.78 is 26.9. The minimum absolute atomic E-state index is 0.000505. The van der Waals surface area contributed by atoms with E-state index in [9.17, 15) is 13.2 Å². The van der Waals surface area contributed by atoms with Crippen LogP contribution in [-0.2, 0) is 16.4 Å². The summed E-state index contributed by atoms with van der Waals surface area (Å²) in [5.41, 5.74) is 1.62. The minimum atomic E-state index is -3.58. The molecule has 1 aromatic heterocycles. The third-order valence-corrected chi connectivity index (χ3v) is 8.00. The predicted molar refractivity (Wildman–Crippen MR) is 104 cm³/mol. The molecule has 7 heteroatoms. The third kappa shape index (κ3) is 3.31. The van der Waals surface area contributed by atoms with Crippen molar-refractivity contribution in [2.75, 3.05) is 19.6 Å². The number of rotatable bonds is 5. The van der Waals surface area contributed by atoms with Crippen LogP contribution >= 0.6 is 11.3 Å². The molecule has 0 N–H and O–H groups in total. The summed E-state index contributed by atoms with van der Waals surface area (Å²) >= 11 is 1.73. The second-order valence-corrected chi connectivity index (χ2v) is 9.28. The molecule has 0 radical (unpaired) electrons. The molecule has 140 valence electrons. The largest absolute Gasteiger partial charge is 0.331 e. The van der Waals surface area contributed by atoms with E-state index < -0.39 is 10.0 Å². The molecule has 1 amide bonds. The van der Waals surface area contributed by atoms with E-state index in [1.165, 1.54) is 20.8 Å². The molecule has 26 heavy (non-hydrogen) atoms. The van der Waals surface area contributed by atoms with Gasteiger partial charge in [-0.25, -0.2) is 8.42 Å². The Kier molecular flexibility index (Phi) is 5.50. The van der Waals surface area contributed by atoms with Crippen LogP contribution in [-0.4, -0.2) is 43.2 Å². The first-order chi connectivity index (χ1) is 12.4. The van der Waals surface area contributed by atoms with Crippen molar-refractivity contribution in [1.29, 1.82) is 0 Å². The van der Waals surface area contributed by atoms with Crippen molar-refractivity contribution >= 4 is 27.3 Å². The van der Waals surface area contributed by atoms with Crippen LogP contribution in [0.25, 0.3) is 0 Å². The van der Waals surface area contributed by atoms with Crippen LogP contribution in [0.5, 0.6) is 0 Å². The zero-order chi connectivity index (χ0) is 18.9. The van der Waals surface area contributed by atoms with Crippen LogP contribution in [0.2, 0.25) is 0 Å². The smallest absolute Gasteiger partial charge is 0.254 e. The number of carbonyl (C=O) groups is 1. The van der Waals surface area contributed by atoms with Crippen molar-refractivity contribution in [2.45, 2.75) is 38.1 Å². The fourth-order valence-electron chi connectivity index (χ4n) is 3.45. The molecule has 1 atom stereocenters. The average Bonchev–Trinajstić information content (AvgIpc) is 3.12. The van der Waals surface area contributed by atoms with Gasteiger partial charge in [-0.3, -0.25) is 4.79 Å². The molecule has 2 heterocycles. The van der Waals surface area contributed by atoms with Gasteiger partial charge in [-0.15, -0.1) is 11.3 Å². The van der Waals surface area contributed by atoms with E-state index in [0.717, 1.165) is 6.42 Å². The Labute approximate surface area is 159 Å². The number of fused-ring (bicyclic) bond motifs is 1. The summed E-state index contributed by atoms with van der Waals surface area (Å²) in [5.74, 6) is -0.119. The van der Waals surface area contributed by atoms with Crippen LogP contribution in [0.15, 0.2) is 40.6 Å². The first-order valence-electron chi connectivity index (χ1n) is 8.87. The van der Waals surface area contributed by atoms with Gasteiger partial charge in [0, 0.05) is 30.1 Å². The molecule has 5 nitrogen and oxygen atoms in total. The molecule has 0 fully saturated rings. The molecule has 0 aliphatic carbocycles. The Morgan fingerprint density at radius 3 is 2.69 bits per heavy atom. The molecule has 0 saturated heterocycles. The molecule has 3 rings (SSSR count). The van der Waals surface area contributed by atoms with E-state index in [0.29, 0.717) is 25.2 Å². The van der Waals surface area contributed by atoms with Crippen molar-refractivity contribution in [3.8, 4) is 0 Å². The first kappa shape index (κ1) is 19.1. The summed E-state index contributed by atoms with van der Waals surface area (Å²) in [5, 5.41) is 2.06. The lowest BCUT2D eigenvalue weighted by Crippen LogP contribution is -2.38. The van der Waals surface area contributed by atoms with Gasteiger partial charge in [-0.1, -0.05) is 19.9 Å². The SMILES string of the molecule is CCN(CC)S(=O)(=O)c1cccc(C(=O)N2CCc3sccc3[C@@H]2C)c1. The Bertz CT molecular complexity index is 901. The Morgan fingerprint density at radius 1 is 1.27 bits per heavy atom. The van der Waals surface area contributed by atoms with Gasteiger partial charge in [-0.05, 0) is 48.6 Å². The van der Waals surface area contributed by atoms with Crippen LogP contribution in [0.3, 0.4) is 0 Å². The topological polar surface area (TPSA) is 57.7 Å². The van der Waals surface area contributed by atoms with E-state index in [1.807, 2.05) is 25.7 Å². The number of carbonyl (C=O) groups excluding carboxylic acids is 1. The number of amides is 1. The van der Waals surface area contributed by atoms with E-state index in [1.54, 1.807) is 29.5 Å². The van der Waals surface area contributed by atoms with Gasteiger partial charge in [-0.2, -0.15) is 4.31 Å². The van der Waals surface area contributed by atoms with Gasteiger partial charge in [0.15, 0.2) is 0 Å². The predicted octanol–water partition coefficient (Wildman–Crippen LogP) is 3.54. The highest BCUT2D eigenvalue weighted by molar-refractivity contribution is 7.89. The van der Waals surface area contributed by atoms with E-state index >= 15 is 0 Å². The molecule has 1 aliphatic heterocycles. The highest BCUT2D eigenvalue weighted by Gasteiger charge is 2.30. The van der Waals surface area contributed by atoms with Crippen molar-refractivity contribution in [1.82, 2.24) is 9.21 Å². The van der Waals surface area contributed by atoms with Gasteiger partial charge >= 0.3 is 0 Å². The third-order valence-electron chi connectivity index (χ3n) is 4.96. The lowest BCUT2D eigenvalue weighted by Gasteiger charge is -2.33. The van der Waals surface area contributed by atoms with Crippen LogP contribution < -0.4 is 0 Å². The lowest BCUT2D eigenvalue weighted by atomic mass is 10.0. The van der Waals surface area contributed by atoms with Crippen molar-refractivity contribution in [2.24, 2.45) is 0 Å². The maximum atomic E-state index is 13.1. The average molecular weight is 393 g/mol. The fourth-order valence-corrected chi connectivity index (χ4v) is 5.92. The molecule has 1 aliphatic rings. The van der Waals surface area contributed by atoms with Crippen molar-refractivity contribution in [3.63, 3.8) is 0 Å². The van der Waals surface area contributed by atoms with Gasteiger partial charge in [0.25, 0.3) is 5.91 Å². The van der Waals surface area contributed by atoms with Crippen LogP contribution in [0, 0.1) is 0 Å². The van der Waals surface area contributed by atoms with Gasteiger partial charge in [0.1, 0.15) is 0 Å². The number of hydrogen-bond donors (Lipinski definition) is 0. The van der Waals surface area contributed by atoms with E-state index in [2.05, 4.69) is 11.4 Å². The maximum absolute atomic E-state index is 13.1. The first-order valence-corrected chi connectivity index (χ1v) is 11.2. The molecule has 0 saturated carbocycles. The summed E-state index contributed by atoms with van der Waals surface area (Å²) in [7, 11) is -3.58. The molecule has 0 spiro atoms. The van der Waals surface area contributed by atoms with Gasteiger partial charge in [0.05, 0.1) is 10.9 Å². The Hall–Kier alpha value is -1.70. The van der Waals surface area contributed by atoms with Crippen LogP contribution in [0.1, 0.15) is 47.6 Å². The number of nitrogens with zero attached hydrogens (tertiary/aromatic N) is 2. The molecule has 0 bridgehead atoms. The monoisotopic (exact) mass is 392 g/mol. The summed E-state index contributed by atoms with van der Waals surface area (Å²) in [6.07, 6.45) is 0.848. The maximum Gasteiger partial charge on any atom is 0.254 e. The number of sulfonamides is 1. The van der Waals surface area contributed by atoms with E-state index in [4.69, 9.17) is 0 Å². The molecule has 2 aromatic rings. The Balaban J connectivity index is 1.90. The second kappa shape index (κ2) is 7.50. The minimum Gasteiger partial charge on any atom is -0.331 e. The summed E-state index contributed by atoms with van der Waals surface area (Å²) in [4.78, 5) is 16.4. The number of benzene rings is 1. The van der Waals surface area contributed by atoms with Gasteiger partial charge in [0.2, 0.25) is 10.0 Å². The standard InChI is InChI=1S/C19H24N2O3S2/c1-4-20(5-2)26(23,24)16-8-6-7-15(13-16)19(22)21-11-9-18-17(14(21)3)10-12-25-18/h6-8,10,12-14H,4-5,9,11H2,1-3H3/t14-/m0/s1. The van der Waals surface area contributed by atoms with Crippen molar-refractivity contribution < 1.29 is 13.2 Å². The summed E-state index contributed by atoms with van der Waals surface area (Å²) in [6, 6.07) is 8.48. The molecule has 1 aromatic carbocycles. The zero-order valence-corrected chi connectivity index (χ0v) is 16.9. The molecule has 0 unspecified atom stereocenters. The normalized spacial score (nSPS) is 17.4. The summed E-state index contributed by atoms with van der Waals surface area (Å²) in [6.45, 7) is 7.11. The highest BCUT2D eigenvalue weighted by atomic mass is 32.2. The quantitative estimate of drug-likeness (QED) is 0.782. The van der Waals surface area contributed by atoms with Crippen molar-refractivity contribution in [3.05, 3.63) is 51.7 Å². The molecular weight excluding hydrogens is 368 g/mol. The fraction of sp³-hybridized carbons (Fsp3) is 0.421. The number of thiophene rings is 1.